The number of epoxide rings is 1. The van der Waals surface area contributed by atoms with E-state index in [1.54, 1.807) is 0 Å². The molecule has 0 aromatic rings. The summed E-state index contributed by atoms with van der Waals surface area (Å²) < 4.78 is 5.07. The van der Waals surface area contributed by atoms with Gasteiger partial charge in [-0.15, -0.1) is 0 Å². The van der Waals surface area contributed by atoms with Gasteiger partial charge in [-0.2, -0.15) is 0 Å². The summed E-state index contributed by atoms with van der Waals surface area (Å²) in [4.78, 5) is 2.44. The predicted molar refractivity (Wildman–Crippen MR) is 30.8 cm³/mol. The van der Waals surface area contributed by atoms with Gasteiger partial charge < -0.3 is 9.64 Å². The second-order valence-electron chi connectivity index (χ2n) is 2.61. The van der Waals surface area contributed by atoms with Crippen LogP contribution >= 0.6 is 0 Å². The molecule has 0 unspecified atom stereocenters. The minimum atomic E-state index is 0.607. The van der Waals surface area contributed by atoms with Crippen LogP contribution in [0.2, 0.25) is 0 Å². The molecular formula is C6H11NO. The lowest BCUT2D eigenvalue weighted by atomic mass is 10.2. The van der Waals surface area contributed by atoms with Gasteiger partial charge in [-0.05, 0) is 19.5 Å². The summed E-state index contributed by atoms with van der Waals surface area (Å²) in [5, 5.41) is 0. The van der Waals surface area contributed by atoms with Crippen molar-refractivity contribution < 1.29 is 4.74 Å². The lowest BCUT2D eigenvalue weighted by Gasteiger charge is -2.29. The monoisotopic (exact) mass is 113 g/mol. The van der Waals surface area contributed by atoms with Crippen molar-refractivity contribution in [2.24, 2.45) is 0 Å². The van der Waals surface area contributed by atoms with Crippen LogP contribution < -0.4 is 0 Å². The van der Waals surface area contributed by atoms with Crippen LogP contribution in [-0.4, -0.2) is 37.2 Å². The highest BCUT2D eigenvalue weighted by molar-refractivity contribution is 4.78. The molecule has 2 heterocycles. The summed E-state index contributed by atoms with van der Waals surface area (Å²) in [6.07, 6.45) is 2.00. The van der Waals surface area contributed by atoms with Crippen molar-refractivity contribution in [3.05, 3.63) is 0 Å². The number of ether oxygens (including phenoxy) is 1. The third-order valence-corrected chi connectivity index (χ3v) is 1.81. The van der Waals surface area contributed by atoms with Crippen molar-refractivity contribution in [1.82, 2.24) is 4.90 Å². The molecule has 0 aliphatic carbocycles. The van der Waals surface area contributed by atoms with Gasteiger partial charge in [0.1, 0.15) is 0 Å². The van der Waals surface area contributed by atoms with Crippen molar-refractivity contribution in [1.29, 1.82) is 0 Å². The molecule has 0 N–H and O–H groups in total. The van der Waals surface area contributed by atoms with Gasteiger partial charge in [0.25, 0.3) is 0 Å². The number of hydrogen-bond donors (Lipinski definition) is 0. The standard InChI is InChI=1S/C6H11NO/c1-2-7(3-1)4-6-5-8-6/h6H,1-5H2/t6-/m1/s1. The lowest BCUT2D eigenvalue weighted by Crippen LogP contribution is -2.39. The highest BCUT2D eigenvalue weighted by Crippen LogP contribution is 2.14. The van der Waals surface area contributed by atoms with Crippen molar-refractivity contribution in [2.75, 3.05) is 26.2 Å². The van der Waals surface area contributed by atoms with Crippen molar-refractivity contribution >= 4 is 0 Å². The van der Waals surface area contributed by atoms with Crippen LogP contribution in [0.1, 0.15) is 6.42 Å². The smallest absolute Gasteiger partial charge is 0.0936 e. The highest BCUT2D eigenvalue weighted by atomic mass is 16.6. The maximum absolute atomic E-state index is 5.07. The van der Waals surface area contributed by atoms with E-state index < -0.39 is 0 Å². The second-order valence-corrected chi connectivity index (χ2v) is 2.61. The Balaban J connectivity index is 1.66. The molecule has 2 aliphatic heterocycles. The first-order chi connectivity index (χ1) is 3.95. The Hall–Kier alpha value is -0.0800. The van der Waals surface area contributed by atoms with E-state index in [2.05, 4.69) is 4.90 Å². The molecule has 46 valence electrons. The van der Waals surface area contributed by atoms with Gasteiger partial charge in [-0.25, -0.2) is 0 Å². The molecule has 0 bridgehead atoms. The normalized spacial score (nSPS) is 36.8. The SMILES string of the molecule is C1CN(C[C@@H]2CO2)C1. The maximum Gasteiger partial charge on any atom is 0.0936 e. The molecule has 2 aliphatic rings. The largest absolute Gasteiger partial charge is 0.372 e. The number of rotatable bonds is 2. The van der Waals surface area contributed by atoms with Crippen LogP contribution in [0.15, 0.2) is 0 Å². The molecule has 0 aromatic carbocycles. The summed E-state index contributed by atoms with van der Waals surface area (Å²) in [5.74, 6) is 0. The molecule has 0 aromatic heterocycles. The average molecular weight is 113 g/mol. The molecule has 0 amide bonds. The molecule has 1 atom stereocenters. The van der Waals surface area contributed by atoms with E-state index in [0.717, 1.165) is 6.61 Å². The Morgan fingerprint density at radius 2 is 2.25 bits per heavy atom. The van der Waals surface area contributed by atoms with Crippen molar-refractivity contribution in [3.8, 4) is 0 Å². The van der Waals surface area contributed by atoms with Gasteiger partial charge in [0.05, 0.1) is 12.7 Å². The van der Waals surface area contributed by atoms with Gasteiger partial charge in [-0.3, -0.25) is 0 Å². The Bertz CT molecular complexity index is 86.5. The van der Waals surface area contributed by atoms with E-state index in [1.807, 2.05) is 0 Å². The molecule has 2 nitrogen and oxygen atoms in total. The van der Waals surface area contributed by atoms with Gasteiger partial charge in [-0.1, -0.05) is 0 Å². The van der Waals surface area contributed by atoms with Crippen LogP contribution in [0.5, 0.6) is 0 Å². The molecule has 2 fully saturated rings. The fourth-order valence-corrected chi connectivity index (χ4v) is 1.03. The Morgan fingerprint density at radius 1 is 1.50 bits per heavy atom. The number of nitrogens with zero attached hydrogens (tertiary/aromatic N) is 1. The first-order valence-electron chi connectivity index (χ1n) is 3.29. The van der Waals surface area contributed by atoms with Gasteiger partial charge in [0.15, 0.2) is 0 Å². The summed E-state index contributed by atoms with van der Waals surface area (Å²) in [5.41, 5.74) is 0. The molecule has 0 saturated carbocycles. The average Bonchev–Trinajstić information content (AvgIpc) is 2.36. The number of hydrogen-bond acceptors (Lipinski definition) is 2. The summed E-state index contributed by atoms with van der Waals surface area (Å²) >= 11 is 0. The Labute approximate surface area is 49.4 Å². The van der Waals surface area contributed by atoms with Crippen LogP contribution in [0.4, 0.5) is 0 Å². The predicted octanol–water partition coefficient (Wildman–Crippen LogP) is 0.0909. The van der Waals surface area contributed by atoms with E-state index in [9.17, 15) is 0 Å². The minimum Gasteiger partial charge on any atom is -0.372 e. The van der Waals surface area contributed by atoms with E-state index in [4.69, 9.17) is 4.74 Å². The van der Waals surface area contributed by atoms with Gasteiger partial charge in [0, 0.05) is 6.54 Å². The summed E-state index contributed by atoms with van der Waals surface area (Å²) in [7, 11) is 0. The first-order valence-corrected chi connectivity index (χ1v) is 3.29. The lowest BCUT2D eigenvalue weighted by molar-refractivity contribution is 0.164. The summed E-state index contributed by atoms with van der Waals surface area (Å²) in [6, 6.07) is 0. The third-order valence-electron chi connectivity index (χ3n) is 1.81. The van der Waals surface area contributed by atoms with Gasteiger partial charge >= 0.3 is 0 Å². The quantitative estimate of drug-likeness (QED) is 0.472. The molecule has 0 radical (unpaired) electrons. The van der Waals surface area contributed by atoms with Crippen LogP contribution in [0.3, 0.4) is 0 Å². The first kappa shape index (κ1) is 4.77. The van der Waals surface area contributed by atoms with E-state index in [1.165, 1.54) is 26.1 Å². The zero-order chi connectivity index (χ0) is 5.40. The third kappa shape index (κ3) is 0.858. The van der Waals surface area contributed by atoms with Crippen LogP contribution in [-0.2, 0) is 4.74 Å². The van der Waals surface area contributed by atoms with Gasteiger partial charge in [0.2, 0.25) is 0 Å². The van der Waals surface area contributed by atoms with Crippen LogP contribution in [0, 0.1) is 0 Å². The molecule has 2 heteroatoms. The van der Waals surface area contributed by atoms with Crippen LogP contribution in [0.25, 0.3) is 0 Å². The highest BCUT2D eigenvalue weighted by Gasteiger charge is 2.27. The van der Waals surface area contributed by atoms with Crippen molar-refractivity contribution in [3.63, 3.8) is 0 Å². The van der Waals surface area contributed by atoms with Crippen molar-refractivity contribution in [2.45, 2.75) is 12.5 Å². The summed E-state index contributed by atoms with van der Waals surface area (Å²) in [6.45, 7) is 4.82. The molecule has 8 heavy (non-hydrogen) atoms. The molecular weight excluding hydrogens is 102 g/mol. The Kier molecular flexibility index (Phi) is 1.02. The topological polar surface area (TPSA) is 15.8 Å². The fourth-order valence-electron chi connectivity index (χ4n) is 1.03. The maximum atomic E-state index is 5.07. The number of likely N-dealkylation sites (tertiary alicyclic amines) is 1. The Morgan fingerprint density at radius 3 is 2.62 bits per heavy atom. The molecule has 0 spiro atoms. The minimum absolute atomic E-state index is 0.607. The van der Waals surface area contributed by atoms with E-state index >= 15 is 0 Å². The van der Waals surface area contributed by atoms with E-state index in [-0.39, 0.29) is 0 Å². The zero-order valence-electron chi connectivity index (χ0n) is 4.97. The second kappa shape index (κ2) is 1.71. The van der Waals surface area contributed by atoms with E-state index in [0.29, 0.717) is 6.10 Å². The fraction of sp³-hybridized carbons (Fsp3) is 1.00. The zero-order valence-corrected chi connectivity index (χ0v) is 4.97. The molecule has 2 saturated heterocycles. The molecule has 2 rings (SSSR count).